The molecule has 1 aromatic carbocycles. The Kier molecular flexibility index (Phi) is 3.16. The Balaban J connectivity index is 2.18. The molecule has 1 saturated heterocycles. The summed E-state index contributed by atoms with van der Waals surface area (Å²) in [4.78, 5) is 4.25. The maximum atomic E-state index is 12.8. The number of pyridine rings is 1. The molecule has 102 valence electrons. The second-order valence-electron chi connectivity index (χ2n) is 4.76. The van der Waals surface area contributed by atoms with Crippen LogP contribution >= 0.6 is 0 Å². The molecule has 1 fully saturated rings. The Morgan fingerprint density at radius 3 is 3.00 bits per heavy atom. The molecule has 0 radical (unpaired) electrons. The monoisotopic (exact) mass is 287 g/mol. The van der Waals surface area contributed by atoms with Gasteiger partial charge in [0.2, 0.25) is 10.0 Å². The van der Waals surface area contributed by atoms with E-state index in [1.54, 1.807) is 30.6 Å². The van der Waals surface area contributed by atoms with Crippen molar-refractivity contribution in [1.29, 1.82) is 5.26 Å². The molecule has 0 aliphatic carbocycles. The van der Waals surface area contributed by atoms with Crippen LogP contribution in [0.2, 0.25) is 0 Å². The van der Waals surface area contributed by atoms with Gasteiger partial charge in [-0.3, -0.25) is 4.98 Å². The van der Waals surface area contributed by atoms with Gasteiger partial charge in [0, 0.05) is 29.7 Å². The van der Waals surface area contributed by atoms with Crippen LogP contribution in [0.15, 0.2) is 41.6 Å². The Labute approximate surface area is 117 Å². The lowest BCUT2D eigenvalue weighted by atomic mass is 10.2. The minimum absolute atomic E-state index is 0.250. The zero-order chi connectivity index (χ0) is 14.2. The fraction of sp³-hybridized carbons (Fsp3) is 0.286. The molecule has 20 heavy (non-hydrogen) atoms. The number of hydrogen-bond donors (Lipinski definition) is 0. The Bertz CT molecular complexity index is 790. The lowest BCUT2D eigenvalue weighted by Gasteiger charge is -2.20. The molecule has 1 aromatic heterocycles. The summed E-state index contributed by atoms with van der Waals surface area (Å²) in [6, 6.07) is 8.33. The molecule has 1 aliphatic rings. The maximum absolute atomic E-state index is 12.8. The average molecular weight is 287 g/mol. The van der Waals surface area contributed by atoms with E-state index in [0.717, 1.165) is 11.8 Å². The predicted molar refractivity (Wildman–Crippen MR) is 74.3 cm³/mol. The Hall–Kier alpha value is -1.97. The SMILES string of the molecule is N#CC1CCCN1S(=O)(=O)c1cccc2cnccc12. The number of nitrogens with zero attached hydrogens (tertiary/aromatic N) is 3. The third kappa shape index (κ3) is 1.96. The topological polar surface area (TPSA) is 74.1 Å². The van der Waals surface area contributed by atoms with Gasteiger partial charge >= 0.3 is 0 Å². The fourth-order valence-corrected chi connectivity index (χ4v) is 4.43. The molecule has 5 nitrogen and oxygen atoms in total. The van der Waals surface area contributed by atoms with Crippen LogP contribution in [-0.2, 0) is 10.0 Å². The maximum Gasteiger partial charge on any atom is 0.244 e. The second kappa shape index (κ2) is 4.85. The highest BCUT2D eigenvalue weighted by atomic mass is 32.2. The van der Waals surface area contributed by atoms with Gasteiger partial charge in [0.05, 0.1) is 11.0 Å². The van der Waals surface area contributed by atoms with Crippen LogP contribution in [0.25, 0.3) is 10.8 Å². The number of nitriles is 1. The molecule has 1 aliphatic heterocycles. The van der Waals surface area contributed by atoms with Crippen molar-refractivity contribution >= 4 is 20.8 Å². The van der Waals surface area contributed by atoms with Crippen LogP contribution in [-0.4, -0.2) is 30.3 Å². The molecule has 0 spiro atoms. The second-order valence-corrected chi connectivity index (χ2v) is 6.61. The number of aromatic nitrogens is 1. The molecule has 0 amide bonds. The lowest BCUT2D eigenvalue weighted by Crippen LogP contribution is -2.34. The third-order valence-electron chi connectivity index (χ3n) is 3.58. The highest BCUT2D eigenvalue weighted by Crippen LogP contribution is 2.29. The molecule has 1 unspecified atom stereocenters. The average Bonchev–Trinajstić information content (AvgIpc) is 2.96. The first-order chi connectivity index (χ1) is 9.64. The van der Waals surface area contributed by atoms with Crippen molar-refractivity contribution in [1.82, 2.24) is 9.29 Å². The van der Waals surface area contributed by atoms with Gasteiger partial charge in [0.1, 0.15) is 6.04 Å². The molecule has 0 saturated carbocycles. The standard InChI is InChI=1S/C14H13N3O2S/c15-9-12-4-2-8-17(12)20(18,19)14-5-1-3-11-10-16-7-6-13(11)14/h1,3,5-7,10,12H,2,4,8H2. The first-order valence-electron chi connectivity index (χ1n) is 6.39. The summed E-state index contributed by atoms with van der Waals surface area (Å²) >= 11 is 0. The highest BCUT2D eigenvalue weighted by Gasteiger charge is 2.36. The van der Waals surface area contributed by atoms with Crippen LogP contribution in [0, 0.1) is 11.3 Å². The fourth-order valence-electron chi connectivity index (χ4n) is 2.60. The van der Waals surface area contributed by atoms with Gasteiger partial charge < -0.3 is 0 Å². The van der Waals surface area contributed by atoms with E-state index in [4.69, 9.17) is 5.26 Å². The number of hydrogen-bond acceptors (Lipinski definition) is 4. The predicted octanol–water partition coefficient (Wildman–Crippen LogP) is 1.91. The quantitative estimate of drug-likeness (QED) is 0.845. The lowest BCUT2D eigenvalue weighted by molar-refractivity contribution is 0.438. The first kappa shape index (κ1) is 13.0. The van der Waals surface area contributed by atoms with Crippen LogP contribution in [0.4, 0.5) is 0 Å². The summed E-state index contributed by atoms with van der Waals surface area (Å²) in [5, 5.41) is 10.5. The van der Waals surface area contributed by atoms with Gasteiger partial charge in [-0.15, -0.1) is 0 Å². The van der Waals surface area contributed by atoms with Crippen LogP contribution in [0.1, 0.15) is 12.8 Å². The molecular weight excluding hydrogens is 274 g/mol. The Morgan fingerprint density at radius 2 is 2.20 bits per heavy atom. The van der Waals surface area contributed by atoms with Crippen molar-refractivity contribution in [3.63, 3.8) is 0 Å². The summed E-state index contributed by atoms with van der Waals surface area (Å²) in [5.41, 5.74) is 0. The summed E-state index contributed by atoms with van der Waals surface area (Å²) in [6.45, 7) is 0.405. The van der Waals surface area contributed by atoms with Crippen molar-refractivity contribution < 1.29 is 8.42 Å². The van der Waals surface area contributed by atoms with Gasteiger partial charge in [-0.1, -0.05) is 12.1 Å². The molecule has 0 N–H and O–H groups in total. The van der Waals surface area contributed by atoms with Crippen molar-refractivity contribution in [3.05, 3.63) is 36.7 Å². The van der Waals surface area contributed by atoms with E-state index >= 15 is 0 Å². The first-order valence-corrected chi connectivity index (χ1v) is 7.83. The van der Waals surface area contributed by atoms with Gasteiger partial charge in [0.15, 0.2) is 0 Å². The van der Waals surface area contributed by atoms with Crippen LogP contribution < -0.4 is 0 Å². The number of rotatable bonds is 2. The molecule has 0 bridgehead atoms. The number of sulfonamides is 1. The summed E-state index contributed by atoms with van der Waals surface area (Å²) in [5.74, 6) is 0. The third-order valence-corrected chi connectivity index (χ3v) is 5.55. The van der Waals surface area contributed by atoms with E-state index in [0.29, 0.717) is 18.4 Å². The van der Waals surface area contributed by atoms with Crippen molar-refractivity contribution in [3.8, 4) is 6.07 Å². The van der Waals surface area contributed by atoms with Crippen molar-refractivity contribution in [2.24, 2.45) is 0 Å². The van der Waals surface area contributed by atoms with Gasteiger partial charge in [0.25, 0.3) is 0 Å². The van der Waals surface area contributed by atoms with Crippen molar-refractivity contribution in [2.45, 2.75) is 23.8 Å². The van der Waals surface area contributed by atoms with E-state index in [1.165, 1.54) is 4.31 Å². The van der Waals surface area contributed by atoms with E-state index < -0.39 is 16.1 Å². The van der Waals surface area contributed by atoms with E-state index in [1.807, 2.05) is 6.07 Å². The number of fused-ring (bicyclic) bond motifs is 1. The summed E-state index contributed by atoms with van der Waals surface area (Å²) in [7, 11) is -3.64. The number of benzene rings is 1. The molecule has 1 atom stereocenters. The van der Waals surface area contributed by atoms with Gasteiger partial charge in [-0.25, -0.2) is 8.42 Å². The minimum atomic E-state index is -3.64. The van der Waals surface area contributed by atoms with Gasteiger partial charge in [-0.05, 0) is 25.0 Å². The van der Waals surface area contributed by atoms with Crippen LogP contribution in [0.3, 0.4) is 0 Å². The Morgan fingerprint density at radius 1 is 1.35 bits per heavy atom. The minimum Gasteiger partial charge on any atom is -0.264 e. The van der Waals surface area contributed by atoms with E-state index in [-0.39, 0.29) is 4.90 Å². The molecule has 2 aromatic rings. The smallest absolute Gasteiger partial charge is 0.244 e. The van der Waals surface area contributed by atoms with Crippen LogP contribution in [0.5, 0.6) is 0 Å². The zero-order valence-electron chi connectivity index (χ0n) is 10.7. The normalized spacial score (nSPS) is 20.1. The molecule has 2 heterocycles. The molecular formula is C14H13N3O2S. The van der Waals surface area contributed by atoms with E-state index in [9.17, 15) is 8.42 Å². The van der Waals surface area contributed by atoms with Gasteiger partial charge in [-0.2, -0.15) is 9.57 Å². The highest BCUT2D eigenvalue weighted by molar-refractivity contribution is 7.89. The summed E-state index contributed by atoms with van der Waals surface area (Å²) in [6.07, 6.45) is 4.54. The molecule has 3 rings (SSSR count). The zero-order valence-corrected chi connectivity index (χ0v) is 11.5. The van der Waals surface area contributed by atoms with E-state index in [2.05, 4.69) is 11.1 Å². The van der Waals surface area contributed by atoms with Crippen molar-refractivity contribution in [2.75, 3.05) is 6.54 Å². The molecule has 6 heteroatoms. The largest absolute Gasteiger partial charge is 0.264 e. The summed E-state index contributed by atoms with van der Waals surface area (Å²) < 4.78 is 26.9.